The second-order valence-electron chi connectivity index (χ2n) is 4.33. The van der Waals surface area contributed by atoms with Gasteiger partial charge in [-0.25, -0.2) is 9.37 Å². The quantitative estimate of drug-likeness (QED) is 0.886. The normalized spacial score (nSPS) is 11.5. The van der Waals surface area contributed by atoms with Gasteiger partial charge in [0.05, 0.1) is 17.7 Å². The van der Waals surface area contributed by atoms with Gasteiger partial charge in [0.2, 0.25) is 0 Å². The van der Waals surface area contributed by atoms with E-state index in [0.717, 1.165) is 0 Å². The van der Waals surface area contributed by atoms with Crippen LogP contribution in [-0.4, -0.2) is 15.5 Å². The summed E-state index contributed by atoms with van der Waals surface area (Å²) in [4.78, 5) is 15.7. The smallest absolute Gasteiger partial charge is 0.345 e. The molecule has 2 rings (SSSR count). The highest BCUT2D eigenvalue weighted by atomic mass is 19.4. The molecule has 0 saturated carbocycles. The Labute approximate surface area is 117 Å². The molecular weight excluding hydrogens is 290 g/mol. The average Bonchev–Trinajstić information content (AvgIpc) is 2.80. The Balaban J connectivity index is 2.17. The summed E-state index contributed by atoms with van der Waals surface area (Å²) in [5, 5.41) is 2.33. The van der Waals surface area contributed by atoms with Crippen molar-refractivity contribution >= 4 is 5.91 Å². The summed E-state index contributed by atoms with van der Waals surface area (Å²) in [7, 11) is 1.69. The second kappa shape index (κ2) is 5.55. The molecule has 1 amide bonds. The number of alkyl halides is 3. The first-order chi connectivity index (χ1) is 9.79. The number of aryl methyl sites for hydroxylation is 1. The van der Waals surface area contributed by atoms with E-state index in [1.54, 1.807) is 17.8 Å². The van der Waals surface area contributed by atoms with E-state index in [-0.39, 0.29) is 6.54 Å². The number of nitrogens with zero attached hydrogens (tertiary/aromatic N) is 2. The van der Waals surface area contributed by atoms with Crippen LogP contribution in [0.1, 0.15) is 21.7 Å². The molecule has 0 aliphatic heterocycles. The molecule has 4 nitrogen and oxygen atoms in total. The van der Waals surface area contributed by atoms with E-state index in [0.29, 0.717) is 24.0 Å². The van der Waals surface area contributed by atoms with Crippen LogP contribution in [0.2, 0.25) is 0 Å². The number of hydrogen-bond donors (Lipinski definition) is 1. The zero-order chi connectivity index (χ0) is 15.6. The first kappa shape index (κ1) is 15.0. The van der Waals surface area contributed by atoms with Crippen LogP contribution in [0.3, 0.4) is 0 Å². The van der Waals surface area contributed by atoms with Gasteiger partial charge in [-0.15, -0.1) is 0 Å². The summed E-state index contributed by atoms with van der Waals surface area (Å²) in [6, 6.07) is 1.70. The lowest BCUT2D eigenvalue weighted by Gasteiger charge is -2.10. The van der Waals surface area contributed by atoms with Gasteiger partial charge in [0.25, 0.3) is 5.91 Å². The van der Waals surface area contributed by atoms with Crippen molar-refractivity contribution in [1.29, 1.82) is 0 Å². The molecule has 2 aromatic rings. The van der Waals surface area contributed by atoms with E-state index in [9.17, 15) is 22.4 Å². The van der Waals surface area contributed by atoms with Gasteiger partial charge in [-0.2, -0.15) is 13.2 Å². The van der Waals surface area contributed by atoms with E-state index >= 15 is 0 Å². The maximum atomic E-state index is 13.5. The highest BCUT2D eigenvalue weighted by Gasteiger charge is 2.31. The molecule has 1 aromatic carbocycles. The highest BCUT2D eigenvalue weighted by molar-refractivity contribution is 5.94. The van der Waals surface area contributed by atoms with E-state index in [1.807, 2.05) is 0 Å². The summed E-state index contributed by atoms with van der Waals surface area (Å²) in [6.07, 6.45) is -1.49. The molecule has 8 heteroatoms. The number of carbonyl (C=O) groups is 1. The van der Waals surface area contributed by atoms with Crippen molar-refractivity contribution in [2.24, 2.45) is 7.05 Å². The Bertz CT molecular complexity index is 664. The van der Waals surface area contributed by atoms with Crippen molar-refractivity contribution < 1.29 is 22.4 Å². The molecule has 0 fully saturated rings. The van der Waals surface area contributed by atoms with Gasteiger partial charge < -0.3 is 9.88 Å². The minimum atomic E-state index is -4.64. The maximum absolute atomic E-state index is 13.5. The van der Waals surface area contributed by atoms with Gasteiger partial charge in [-0.3, -0.25) is 4.79 Å². The monoisotopic (exact) mass is 301 g/mol. The summed E-state index contributed by atoms with van der Waals surface area (Å²) in [6.45, 7) is -0.0159. The third-order valence-electron chi connectivity index (χ3n) is 2.87. The van der Waals surface area contributed by atoms with E-state index in [4.69, 9.17) is 0 Å². The van der Waals surface area contributed by atoms with Crippen LogP contribution in [-0.2, 0) is 19.8 Å². The molecule has 21 heavy (non-hydrogen) atoms. The molecule has 112 valence electrons. The topological polar surface area (TPSA) is 46.9 Å². The number of hydrogen-bond acceptors (Lipinski definition) is 2. The number of amides is 1. The van der Waals surface area contributed by atoms with Gasteiger partial charge in [0.1, 0.15) is 11.6 Å². The van der Waals surface area contributed by atoms with Crippen molar-refractivity contribution in [3.63, 3.8) is 0 Å². The van der Waals surface area contributed by atoms with Gasteiger partial charge in [-0.05, 0) is 18.2 Å². The molecule has 1 aromatic heterocycles. The number of imidazole rings is 1. The first-order valence-corrected chi connectivity index (χ1v) is 5.90. The average molecular weight is 301 g/mol. The van der Waals surface area contributed by atoms with Gasteiger partial charge in [-0.1, -0.05) is 0 Å². The Kier molecular flexibility index (Phi) is 3.97. The van der Waals surface area contributed by atoms with E-state index < -0.39 is 29.0 Å². The summed E-state index contributed by atoms with van der Waals surface area (Å²) in [5.41, 5.74) is -1.73. The van der Waals surface area contributed by atoms with Gasteiger partial charge in [0, 0.05) is 19.4 Å². The third-order valence-corrected chi connectivity index (χ3v) is 2.87. The van der Waals surface area contributed by atoms with Gasteiger partial charge in [0.15, 0.2) is 0 Å². The zero-order valence-corrected chi connectivity index (χ0v) is 10.9. The number of rotatable bonds is 3. The standard InChI is InChI=1S/C13H11F4N3O/c1-20-5-4-18-11(20)7-19-12(21)9-6-8(13(15,16)17)2-3-10(9)14/h2-6H,7H2,1H3,(H,19,21). The third kappa shape index (κ3) is 3.39. The molecule has 0 bridgehead atoms. The fraction of sp³-hybridized carbons (Fsp3) is 0.231. The lowest BCUT2D eigenvalue weighted by Crippen LogP contribution is -2.25. The lowest BCUT2D eigenvalue weighted by atomic mass is 10.1. The largest absolute Gasteiger partial charge is 0.416 e. The van der Waals surface area contributed by atoms with Crippen molar-refractivity contribution in [3.8, 4) is 0 Å². The predicted octanol–water partition coefficient (Wildman–Crippen LogP) is 2.51. The second-order valence-corrected chi connectivity index (χ2v) is 4.33. The Morgan fingerprint density at radius 1 is 1.38 bits per heavy atom. The Hall–Kier alpha value is -2.38. The number of aromatic nitrogens is 2. The molecule has 0 unspecified atom stereocenters. The number of benzene rings is 1. The molecule has 0 atom stereocenters. The maximum Gasteiger partial charge on any atom is 0.416 e. The minimum absolute atomic E-state index is 0.0159. The SMILES string of the molecule is Cn1ccnc1CNC(=O)c1cc(C(F)(F)F)ccc1F. The van der Waals surface area contributed by atoms with Crippen LogP contribution in [0.15, 0.2) is 30.6 Å². The number of carbonyl (C=O) groups excluding carboxylic acids is 1. The van der Waals surface area contributed by atoms with Crippen LogP contribution in [0.5, 0.6) is 0 Å². The zero-order valence-electron chi connectivity index (χ0n) is 10.9. The summed E-state index contributed by atoms with van der Waals surface area (Å²) < 4.78 is 52.8. The minimum Gasteiger partial charge on any atom is -0.345 e. The van der Waals surface area contributed by atoms with Crippen LogP contribution < -0.4 is 5.32 Å². The van der Waals surface area contributed by atoms with Crippen LogP contribution in [0, 0.1) is 5.82 Å². The van der Waals surface area contributed by atoms with Crippen LogP contribution >= 0.6 is 0 Å². The molecule has 1 N–H and O–H groups in total. The number of halogens is 4. The molecule has 1 heterocycles. The van der Waals surface area contributed by atoms with Crippen molar-refractivity contribution in [3.05, 3.63) is 53.4 Å². The fourth-order valence-corrected chi connectivity index (χ4v) is 1.70. The lowest BCUT2D eigenvalue weighted by molar-refractivity contribution is -0.137. The number of nitrogens with one attached hydrogen (secondary N) is 1. The van der Waals surface area contributed by atoms with E-state index in [1.165, 1.54) is 6.20 Å². The predicted molar refractivity (Wildman–Crippen MR) is 65.8 cm³/mol. The van der Waals surface area contributed by atoms with Crippen LogP contribution in [0.25, 0.3) is 0 Å². The summed E-state index contributed by atoms with van der Waals surface area (Å²) in [5.74, 6) is -1.45. The fourth-order valence-electron chi connectivity index (χ4n) is 1.70. The molecular formula is C13H11F4N3O. The van der Waals surface area contributed by atoms with Crippen molar-refractivity contribution in [2.75, 3.05) is 0 Å². The molecule has 0 aliphatic rings. The molecule has 0 radical (unpaired) electrons. The highest BCUT2D eigenvalue weighted by Crippen LogP contribution is 2.30. The molecule has 0 aliphatic carbocycles. The Morgan fingerprint density at radius 2 is 2.10 bits per heavy atom. The first-order valence-electron chi connectivity index (χ1n) is 5.90. The Morgan fingerprint density at radius 3 is 2.67 bits per heavy atom. The summed E-state index contributed by atoms with van der Waals surface area (Å²) >= 11 is 0. The van der Waals surface area contributed by atoms with Crippen molar-refractivity contribution in [2.45, 2.75) is 12.7 Å². The van der Waals surface area contributed by atoms with Gasteiger partial charge >= 0.3 is 6.18 Å². The van der Waals surface area contributed by atoms with Crippen molar-refractivity contribution in [1.82, 2.24) is 14.9 Å². The van der Waals surface area contributed by atoms with Crippen LogP contribution in [0.4, 0.5) is 17.6 Å². The molecule has 0 saturated heterocycles. The van der Waals surface area contributed by atoms with E-state index in [2.05, 4.69) is 10.3 Å². The molecule has 0 spiro atoms.